The van der Waals surface area contributed by atoms with Crippen molar-refractivity contribution < 1.29 is 4.79 Å². The smallest absolute Gasteiger partial charge is 0.252 e. The zero-order valence-electron chi connectivity index (χ0n) is 11.5. The van der Waals surface area contributed by atoms with Gasteiger partial charge in [-0.05, 0) is 18.6 Å². The number of aryl methyl sites for hydroxylation is 1. The number of nitrogens with zero attached hydrogens (tertiary/aromatic N) is 2. The molecule has 0 saturated heterocycles. The molecule has 106 valence electrons. The van der Waals surface area contributed by atoms with Gasteiger partial charge in [-0.15, -0.1) is 0 Å². The number of imidazole rings is 1. The van der Waals surface area contributed by atoms with Gasteiger partial charge in [-0.2, -0.15) is 0 Å². The van der Waals surface area contributed by atoms with Crippen LogP contribution in [-0.4, -0.2) is 27.4 Å². The molecule has 0 fully saturated rings. The third-order valence-electron chi connectivity index (χ3n) is 3.32. The number of nitrogens with one attached hydrogen (secondary N) is 2. The summed E-state index contributed by atoms with van der Waals surface area (Å²) in [6.45, 7) is 0.621. The van der Waals surface area contributed by atoms with E-state index in [-0.39, 0.29) is 5.91 Å². The Morgan fingerprint density at radius 3 is 2.90 bits per heavy atom. The molecule has 5 heteroatoms. The average Bonchev–Trinajstić information content (AvgIpc) is 3.04. The van der Waals surface area contributed by atoms with Gasteiger partial charge in [0.05, 0.1) is 11.1 Å². The Balaban J connectivity index is 1.62. The van der Waals surface area contributed by atoms with Crippen molar-refractivity contribution in [3.8, 4) is 0 Å². The molecule has 0 atom stereocenters. The second-order valence-corrected chi connectivity index (χ2v) is 4.77. The Labute approximate surface area is 122 Å². The predicted octanol–water partition coefficient (Wildman–Crippen LogP) is 2.32. The molecule has 0 bridgehead atoms. The monoisotopic (exact) mass is 280 g/mol. The van der Waals surface area contributed by atoms with Crippen LogP contribution < -0.4 is 5.32 Å². The summed E-state index contributed by atoms with van der Waals surface area (Å²) < 4.78 is 0. The maximum absolute atomic E-state index is 12.3. The third kappa shape index (κ3) is 3.08. The van der Waals surface area contributed by atoms with E-state index in [4.69, 9.17) is 0 Å². The topological polar surface area (TPSA) is 70.7 Å². The highest BCUT2D eigenvalue weighted by Gasteiger charge is 2.09. The number of rotatable bonds is 5. The molecule has 0 aliphatic carbocycles. The molecule has 5 nitrogen and oxygen atoms in total. The minimum Gasteiger partial charge on any atom is -0.352 e. The number of para-hydroxylation sites is 1. The van der Waals surface area contributed by atoms with E-state index in [0.717, 1.165) is 29.6 Å². The van der Waals surface area contributed by atoms with Crippen LogP contribution in [0.3, 0.4) is 0 Å². The molecule has 0 unspecified atom stereocenters. The van der Waals surface area contributed by atoms with Crippen LogP contribution in [0.2, 0.25) is 0 Å². The molecule has 2 heterocycles. The molecule has 0 aliphatic heterocycles. The molecular weight excluding hydrogens is 264 g/mol. The van der Waals surface area contributed by atoms with Gasteiger partial charge < -0.3 is 10.3 Å². The lowest BCUT2D eigenvalue weighted by Gasteiger charge is -2.07. The van der Waals surface area contributed by atoms with Crippen LogP contribution in [0.4, 0.5) is 0 Å². The number of hydrogen-bond acceptors (Lipinski definition) is 3. The van der Waals surface area contributed by atoms with Crippen molar-refractivity contribution in [2.45, 2.75) is 12.8 Å². The van der Waals surface area contributed by atoms with Gasteiger partial charge in [-0.25, -0.2) is 4.98 Å². The molecule has 21 heavy (non-hydrogen) atoms. The first kappa shape index (κ1) is 13.3. The molecule has 0 aliphatic rings. The first-order chi connectivity index (χ1) is 10.3. The number of carbonyl (C=O) groups excluding carboxylic acids is 1. The van der Waals surface area contributed by atoms with Gasteiger partial charge in [0, 0.05) is 36.9 Å². The Kier molecular flexibility index (Phi) is 3.91. The van der Waals surface area contributed by atoms with Crippen LogP contribution in [0, 0.1) is 0 Å². The first-order valence-electron chi connectivity index (χ1n) is 6.95. The van der Waals surface area contributed by atoms with E-state index in [1.807, 2.05) is 24.3 Å². The van der Waals surface area contributed by atoms with Gasteiger partial charge in [0.15, 0.2) is 0 Å². The minimum atomic E-state index is -0.0620. The largest absolute Gasteiger partial charge is 0.352 e. The van der Waals surface area contributed by atoms with Crippen LogP contribution in [0.25, 0.3) is 10.9 Å². The average molecular weight is 280 g/mol. The van der Waals surface area contributed by atoms with E-state index in [9.17, 15) is 4.79 Å². The summed E-state index contributed by atoms with van der Waals surface area (Å²) in [6, 6.07) is 9.41. The maximum atomic E-state index is 12.3. The summed E-state index contributed by atoms with van der Waals surface area (Å²) in [5.41, 5.74) is 1.50. The van der Waals surface area contributed by atoms with Gasteiger partial charge in [0.2, 0.25) is 0 Å². The zero-order chi connectivity index (χ0) is 14.5. The highest BCUT2D eigenvalue weighted by atomic mass is 16.1. The van der Waals surface area contributed by atoms with Gasteiger partial charge in [-0.1, -0.05) is 18.2 Å². The SMILES string of the molecule is O=C(NCCCc1ncc[nH]1)c1ccnc2ccccc12. The molecule has 0 saturated carbocycles. The van der Waals surface area contributed by atoms with E-state index in [1.165, 1.54) is 0 Å². The summed E-state index contributed by atoms with van der Waals surface area (Å²) >= 11 is 0. The Morgan fingerprint density at radius 2 is 2.05 bits per heavy atom. The van der Waals surface area contributed by atoms with Crippen LogP contribution in [0.5, 0.6) is 0 Å². The second-order valence-electron chi connectivity index (χ2n) is 4.77. The maximum Gasteiger partial charge on any atom is 0.252 e. The van der Waals surface area contributed by atoms with Crippen molar-refractivity contribution in [3.05, 3.63) is 60.3 Å². The van der Waals surface area contributed by atoms with Crippen LogP contribution in [-0.2, 0) is 6.42 Å². The molecule has 2 N–H and O–H groups in total. The molecule has 1 amide bonds. The van der Waals surface area contributed by atoms with E-state index in [1.54, 1.807) is 24.7 Å². The van der Waals surface area contributed by atoms with Crippen molar-refractivity contribution in [1.82, 2.24) is 20.3 Å². The third-order valence-corrected chi connectivity index (χ3v) is 3.32. The summed E-state index contributed by atoms with van der Waals surface area (Å²) in [6.07, 6.45) is 6.88. The molecule has 1 aromatic carbocycles. The van der Waals surface area contributed by atoms with E-state index in [0.29, 0.717) is 12.1 Å². The normalized spacial score (nSPS) is 10.7. The number of aromatic amines is 1. The van der Waals surface area contributed by atoms with Crippen molar-refractivity contribution in [1.29, 1.82) is 0 Å². The molecule has 3 aromatic rings. The quantitative estimate of drug-likeness (QED) is 0.705. The van der Waals surface area contributed by atoms with Crippen LogP contribution in [0.1, 0.15) is 22.6 Å². The van der Waals surface area contributed by atoms with Gasteiger partial charge in [0.1, 0.15) is 5.82 Å². The number of carbonyl (C=O) groups is 1. The number of amides is 1. The van der Waals surface area contributed by atoms with Crippen LogP contribution >= 0.6 is 0 Å². The summed E-state index contributed by atoms with van der Waals surface area (Å²) in [5, 5.41) is 3.82. The summed E-state index contributed by atoms with van der Waals surface area (Å²) in [5.74, 6) is 0.881. The molecule has 0 spiro atoms. The van der Waals surface area contributed by atoms with E-state index >= 15 is 0 Å². The Morgan fingerprint density at radius 1 is 1.14 bits per heavy atom. The number of pyridine rings is 1. The van der Waals surface area contributed by atoms with E-state index < -0.39 is 0 Å². The fourth-order valence-electron chi connectivity index (χ4n) is 2.28. The molecule has 2 aromatic heterocycles. The lowest BCUT2D eigenvalue weighted by molar-refractivity contribution is 0.0954. The molecule has 0 radical (unpaired) electrons. The van der Waals surface area contributed by atoms with Crippen molar-refractivity contribution >= 4 is 16.8 Å². The number of H-pyrrole nitrogens is 1. The zero-order valence-corrected chi connectivity index (χ0v) is 11.5. The Hall–Kier alpha value is -2.69. The summed E-state index contributed by atoms with van der Waals surface area (Å²) in [4.78, 5) is 23.7. The number of benzene rings is 1. The highest BCUT2D eigenvalue weighted by Crippen LogP contribution is 2.15. The lowest BCUT2D eigenvalue weighted by atomic mass is 10.1. The first-order valence-corrected chi connectivity index (χ1v) is 6.95. The van der Waals surface area contributed by atoms with Crippen molar-refractivity contribution in [2.24, 2.45) is 0 Å². The molecular formula is C16H16N4O. The van der Waals surface area contributed by atoms with Crippen molar-refractivity contribution in [3.63, 3.8) is 0 Å². The standard InChI is InChI=1S/C16H16N4O/c21-16(20-8-3-6-15-18-10-11-19-15)13-7-9-17-14-5-2-1-4-12(13)14/h1-2,4-5,7,9-11H,3,6,8H2,(H,18,19)(H,20,21). The Bertz CT molecular complexity index is 732. The van der Waals surface area contributed by atoms with E-state index in [2.05, 4.69) is 20.3 Å². The van der Waals surface area contributed by atoms with Gasteiger partial charge in [0.25, 0.3) is 5.91 Å². The van der Waals surface area contributed by atoms with Crippen LogP contribution in [0.15, 0.2) is 48.9 Å². The summed E-state index contributed by atoms with van der Waals surface area (Å²) in [7, 11) is 0. The van der Waals surface area contributed by atoms with Gasteiger partial charge >= 0.3 is 0 Å². The van der Waals surface area contributed by atoms with Crippen molar-refractivity contribution in [2.75, 3.05) is 6.54 Å². The van der Waals surface area contributed by atoms with Gasteiger partial charge in [-0.3, -0.25) is 9.78 Å². The number of fused-ring (bicyclic) bond motifs is 1. The lowest BCUT2D eigenvalue weighted by Crippen LogP contribution is -2.25. The molecule has 3 rings (SSSR count). The number of hydrogen-bond donors (Lipinski definition) is 2. The minimum absolute atomic E-state index is 0.0620. The fraction of sp³-hybridized carbons (Fsp3) is 0.188. The second kappa shape index (κ2) is 6.17. The fourth-order valence-corrected chi connectivity index (χ4v) is 2.28. The number of aromatic nitrogens is 3. The predicted molar refractivity (Wildman–Crippen MR) is 81.0 cm³/mol. The highest BCUT2D eigenvalue weighted by molar-refractivity contribution is 6.05.